The summed E-state index contributed by atoms with van der Waals surface area (Å²) in [6.45, 7) is 3.12. The Morgan fingerprint density at radius 2 is 1.96 bits per heavy atom. The van der Waals surface area contributed by atoms with Gasteiger partial charge < -0.3 is 10.2 Å². The van der Waals surface area contributed by atoms with Crippen LogP contribution in [0.2, 0.25) is 0 Å². The first kappa shape index (κ1) is 18.0. The summed E-state index contributed by atoms with van der Waals surface area (Å²) in [6.07, 6.45) is 10.2. The van der Waals surface area contributed by atoms with Crippen molar-refractivity contribution in [2.75, 3.05) is 39.0 Å². The third-order valence-corrected chi connectivity index (χ3v) is 7.43. The molecule has 138 valence electrons. The Labute approximate surface area is 146 Å². The predicted molar refractivity (Wildman–Crippen MR) is 97.6 cm³/mol. The van der Waals surface area contributed by atoms with Gasteiger partial charge in [-0.15, -0.1) is 0 Å². The fourth-order valence-electron chi connectivity index (χ4n) is 4.29. The van der Waals surface area contributed by atoms with Gasteiger partial charge in [-0.3, -0.25) is 4.99 Å². The highest BCUT2D eigenvalue weighted by molar-refractivity contribution is 7.89. The van der Waals surface area contributed by atoms with Crippen LogP contribution < -0.4 is 10.0 Å². The molecule has 3 rings (SSSR count). The van der Waals surface area contributed by atoms with Crippen LogP contribution in [0.1, 0.15) is 51.4 Å². The predicted octanol–water partition coefficient (Wildman–Crippen LogP) is 1.55. The SMILES string of the molecule is CN=C(NCCS(=O)(=O)NCC1CCC1)N1CCC2(CCCC2)C1. The largest absolute Gasteiger partial charge is 0.355 e. The van der Waals surface area contributed by atoms with E-state index in [9.17, 15) is 8.42 Å². The Morgan fingerprint density at radius 3 is 2.58 bits per heavy atom. The highest BCUT2D eigenvalue weighted by Crippen LogP contribution is 2.45. The van der Waals surface area contributed by atoms with Gasteiger partial charge in [0.25, 0.3) is 0 Å². The second kappa shape index (κ2) is 7.60. The van der Waals surface area contributed by atoms with E-state index in [-0.39, 0.29) is 5.75 Å². The van der Waals surface area contributed by atoms with Crippen LogP contribution in [0.25, 0.3) is 0 Å². The van der Waals surface area contributed by atoms with E-state index in [0.717, 1.165) is 31.9 Å². The van der Waals surface area contributed by atoms with Crippen LogP contribution in [-0.4, -0.2) is 58.3 Å². The molecule has 0 radical (unpaired) electrons. The molecule has 7 heteroatoms. The maximum Gasteiger partial charge on any atom is 0.213 e. The van der Waals surface area contributed by atoms with Gasteiger partial charge in [0.05, 0.1) is 5.75 Å². The second-order valence-corrected chi connectivity index (χ2v) is 9.74. The van der Waals surface area contributed by atoms with Crippen molar-refractivity contribution in [1.82, 2.24) is 14.9 Å². The smallest absolute Gasteiger partial charge is 0.213 e. The van der Waals surface area contributed by atoms with Crippen LogP contribution in [0.15, 0.2) is 4.99 Å². The molecule has 2 aliphatic carbocycles. The first-order valence-electron chi connectivity index (χ1n) is 9.45. The van der Waals surface area contributed by atoms with Crippen LogP contribution in [-0.2, 0) is 10.0 Å². The lowest BCUT2D eigenvalue weighted by Crippen LogP contribution is -2.44. The number of hydrogen-bond donors (Lipinski definition) is 2. The normalized spacial score (nSPS) is 24.5. The molecule has 6 nitrogen and oxygen atoms in total. The number of rotatable bonds is 6. The Kier molecular flexibility index (Phi) is 5.70. The molecule has 0 bridgehead atoms. The topological polar surface area (TPSA) is 73.8 Å². The lowest BCUT2D eigenvalue weighted by Gasteiger charge is -2.26. The minimum Gasteiger partial charge on any atom is -0.355 e. The average molecular weight is 357 g/mol. The van der Waals surface area contributed by atoms with E-state index < -0.39 is 10.0 Å². The number of nitrogens with zero attached hydrogens (tertiary/aromatic N) is 2. The van der Waals surface area contributed by atoms with Gasteiger partial charge in [0, 0.05) is 33.2 Å². The fourth-order valence-corrected chi connectivity index (χ4v) is 5.30. The van der Waals surface area contributed by atoms with Crippen molar-refractivity contribution >= 4 is 16.0 Å². The van der Waals surface area contributed by atoms with Gasteiger partial charge in [-0.1, -0.05) is 19.3 Å². The van der Waals surface area contributed by atoms with Crippen molar-refractivity contribution < 1.29 is 8.42 Å². The molecule has 0 aromatic rings. The van der Waals surface area contributed by atoms with Gasteiger partial charge >= 0.3 is 0 Å². The molecule has 3 aliphatic rings. The monoisotopic (exact) mass is 356 g/mol. The van der Waals surface area contributed by atoms with Crippen molar-refractivity contribution in [1.29, 1.82) is 0 Å². The third-order valence-electron chi connectivity index (χ3n) is 6.08. The Bertz CT molecular complexity index is 551. The summed E-state index contributed by atoms with van der Waals surface area (Å²) in [5.41, 5.74) is 0.494. The van der Waals surface area contributed by atoms with Crippen LogP contribution in [0, 0.1) is 11.3 Å². The van der Waals surface area contributed by atoms with Crippen molar-refractivity contribution in [3.8, 4) is 0 Å². The summed E-state index contributed by atoms with van der Waals surface area (Å²) < 4.78 is 26.9. The molecule has 0 amide bonds. The van der Waals surface area contributed by atoms with Crippen LogP contribution in [0.4, 0.5) is 0 Å². The van der Waals surface area contributed by atoms with Crippen molar-refractivity contribution in [2.24, 2.45) is 16.3 Å². The highest BCUT2D eigenvalue weighted by atomic mass is 32.2. The zero-order valence-electron chi connectivity index (χ0n) is 14.9. The standard InChI is InChI=1S/C17H32N4O2S/c1-18-16(21-11-9-17(14-21)7-2-3-8-17)19-10-12-24(22,23)20-13-15-5-4-6-15/h15,20H,2-14H2,1H3,(H,18,19). The summed E-state index contributed by atoms with van der Waals surface area (Å²) in [6, 6.07) is 0. The van der Waals surface area contributed by atoms with E-state index in [1.165, 1.54) is 38.5 Å². The fraction of sp³-hybridized carbons (Fsp3) is 0.941. The molecule has 0 aromatic heterocycles. The average Bonchev–Trinajstić information content (AvgIpc) is 3.12. The van der Waals surface area contributed by atoms with Gasteiger partial charge in [0.2, 0.25) is 10.0 Å². The highest BCUT2D eigenvalue weighted by Gasteiger charge is 2.41. The minimum atomic E-state index is -3.19. The lowest BCUT2D eigenvalue weighted by molar-refractivity contribution is 0.309. The molecular formula is C17H32N4O2S. The number of guanidine groups is 1. The molecule has 1 aliphatic heterocycles. The Balaban J connectivity index is 1.41. The molecule has 1 spiro atoms. The summed E-state index contributed by atoms with van der Waals surface area (Å²) in [5.74, 6) is 1.51. The van der Waals surface area contributed by atoms with Crippen LogP contribution >= 0.6 is 0 Å². The van der Waals surface area contributed by atoms with E-state index >= 15 is 0 Å². The maximum absolute atomic E-state index is 12.1. The van der Waals surface area contributed by atoms with E-state index in [0.29, 0.717) is 24.4 Å². The summed E-state index contributed by atoms with van der Waals surface area (Å²) in [7, 11) is -1.41. The first-order chi connectivity index (χ1) is 11.5. The molecule has 2 N–H and O–H groups in total. The second-order valence-electron chi connectivity index (χ2n) is 7.82. The summed E-state index contributed by atoms with van der Waals surface area (Å²) >= 11 is 0. The number of sulfonamides is 1. The van der Waals surface area contributed by atoms with Crippen molar-refractivity contribution in [3.05, 3.63) is 0 Å². The molecule has 24 heavy (non-hydrogen) atoms. The van der Waals surface area contributed by atoms with Crippen molar-refractivity contribution in [2.45, 2.75) is 51.4 Å². The van der Waals surface area contributed by atoms with E-state index in [1.54, 1.807) is 7.05 Å². The summed E-state index contributed by atoms with van der Waals surface area (Å²) in [4.78, 5) is 6.66. The Morgan fingerprint density at radius 1 is 1.21 bits per heavy atom. The maximum atomic E-state index is 12.1. The van der Waals surface area contributed by atoms with Gasteiger partial charge in [0.15, 0.2) is 5.96 Å². The lowest BCUT2D eigenvalue weighted by atomic mass is 9.86. The molecule has 1 heterocycles. The Hall–Kier alpha value is -0.820. The quantitative estimate of drug-likeness (QED) is 0.559. The molecule has 0 unspecified atom stereocenters. The van der Waals surface area contributed by atoms with Gasteiger partial charge in [-0.25, -0.2) is 13.1 Å². The van der Waals surface area contributed by atoms with E-state index in [2.05, 4.69) is 19.9 Å². The van der Waals surface area contributed by atoms with Gasteiger partial charge in [0.1, 0.15) is 0 Å². The minimum absolute atomic E-state index is 0.109. The van der Waals surface area contributed by atoms with Crippen LogP contribution in [0.3, 0.4) is 0 Å². The zero-order chi connectivity index (χ0) is 17.0. The van der Waals surface area contributed by atoms with Gasteiger partial charge in [-0.2, -0.15) is 0 Å². The van der Waals surface area contributed by atoms with Gasteiger partial charge in [-0.05, 0) is 43.4 Å². The van der Waals surface area contributed by atoms with Crippen LogP contribution in [0.5, 0.6) is 0 Å². The van der Waals surface area contributed by atoms with E-state index in [4.69, 9.17) is 0 Å². The van der Waals surface area contributed by atoms with Crippen molar-refractivity contribution in [3.63, 3.8) is 0 Å². The molecular weight excluding hydrogens is 324 g/mol. The summed E-state index contributed by atoms with van der Waals surface area (Å²) in [5, 5.41) is 3.25. The number of aliphatic imine (C=N–C) groups is 1. The number of nitrogens with one attached hydrogen (secondary N) is 2. The molecule has 0 aromatic carbocycles. The molecule has 1 saturated heterocycles. The zero-order valence-corrected chi connectivity index (χ0v) is 15.7. The first-order valence-corrected chi connectivity index (χ1v) is 11.1. The molecule has 3 fully saturated rings. The molecule has 0 atom stereocenters. The number of hydrogen-bond acceptors (Lipinski definition) is 3. The molecule has 2 saturated carbocycles. The third kappa shape index (κ3) is 4.42. The van der Waals surface area contributed by atoms with E-state index in [1.807, 2.05) is 0 Å². The number of likely N-dealkylation sites (tertiary alicyclic amines) is 1.